The number of ether oxygens (including phenoxy) is 1. The zero-order valence-corrected chi connectivity index (χ0v) is 21.1. The Morgan fingerprint density at radius 3 is 2.75 bits per heavy atom. The van der Waals surface area contributed by atoms with E-state index in [9.17, 15) is 18.4 Å². The maximum absolute atomic E-state index is 13.6. The fourth-order valence-electron chi connectivity index (χ4n) is 5.10. The van der Waals surface area contributed by atoms with Gasteiger partial charge in [-0.1, -0.05) is 11.6 Å². The standard InChI is InChI=1S/C25H30ClF2N5O3/c1-24(2)14-33(12-21(34)32-7-4-25(27,28)5-8-32)20(13-36-24)23(35)31-18-10-15(26)9-17-16-3-6-29-11-19(16)30-22(17)18/h3,6,9-10,20,29-30H,4-5,7-8,11-14H2,1-2H3,(H,31,35). The largest absolute Gasteiger partial charge is 0.385 e. The third-order valence-corrected chi connectivity index (χ3v) is 7.26. The molecule has 1 unspecified atom stereocenters. The van der Waals surface area contributed by atoms with Crippen molar-refractivity contribution in [1.82, 2.24) is 20.1 Å². The van der Waals surface area contributed by atoms with Crippen molar-refractivity contribution in [3.8, 4) is 0 Å². The molecule has 2 saturated heterocycles. The van der Waals surface area contributed by atoms with Crippen LogP contribution < -0.4 is 10.6 Å². The molecular formula is C25H30ClF2N5O3. The van der Waals surface area contributed by atoms with Gasteiger partial charge in [-0.05, 0) is 38.3 Å². The molecule has 3 N–H and O–H groups in total. The summed E-state index contributed by atoms with van der Waals surface area (Å²) in [4.78, 5) is 33.1. The highest BCUT2D eigenvalue weighted by Gasteiger charge is 2.41. The SMILES string of the molecule is CC1(C)CN(CC(=O)N2CCC(F)(F)CC2)C(C(=O)Nc2cc(Cl)cc3c4c([nH]c23)CNC=C4)CO1. The number of hydrogen-bond acceptors (Lipinski definition) is 5. The number of anilines is 1. The second-order valence-electron chi connectivity index (χ2n) is 10.3. The summed E-state index contributed by atoms with van der Waals surface area (Å²) in [5, 5.41) is 7.53. The molecular weight excluding hydrogens is 492 g/mol. The Labute approximate surface area is 213 Å². The van der Waals surface area contributed by atoms with Crippen LogP contribution in [0.5, 0.6) is 0 Å². The number of aromatic nitrogens is 1. The lowest BCUT2D eigenvalue weighted by Gasteiger charge is -2.43. The predicted octanol–water partition coefficient (Wildman–Crippen LogP) is 3.57. The average molecular weight is 522 g/mol. The van der Waals surface area contributed by atoms with Gasteiger partial charge in [-0.2, -0.15) is 0 Å². The third-order valence-electron chi connectivity index (χ3n) is 7.04. The molecule has 5 rings (SSSR count). The van der Waals surface area contributed by atoms with Crippen LogP contribution in [0.3, 0.4) is 0 Å². The first-order valence-electron chi connectivity index (χ1n) is 12.1. The Kier molecular flexibility index (Phi) is 6.46. The minimum Gasteiger partial charge on any atom is -0.385 e. The van der Waals surface area contributed by atoms with E-state index < -0.39 is 17.6 Å². The summed E-state index contributed by atoms with van der Waals surface area (Å²) in [6.07, 6.45) is 3.15. The second-order valence-corrected chi connectivity index (χ2v) is 10.8. The molecule has 36 heavy (non-hydrogen) atoms. The number of carbonyl (C=O) groups excluding carboxylic acids is 2. The van der Waals surface area contributed by atoms with E-state index in [0.717, 1.165) is 22.2 Å². The lowest BCUT2D eigenvalue weighted by Crippen LogP contribution is -2.60. The zero-order valence-electron chi connectivity index (χ0n) is 20.3. The quantitative estimate of drug-likeness (QED) is 0.572. The van der Waals surface area contributed by atoms with Gasteiger partial charge < -0.3 is 25.3 Å². The van der Waals surface area contributed by atoms with Crippen LogP contribution in [0.2, 0.25) is 5.02 Å². The number of nitrogens with one attached hydrogen (secondary N) is 3. The Morgan fingerprint density at radius 2 is 2.00 bits per heavy atom. The zero-order chi connectivity index (χ0) is 25.7. The molecule has 4 heterocycles. The van der Waals surface area contributed by atoms with Crippen LogP contribution in [0.4, 0.5) is 14.5 Å². The molecule has 1 aromatic heterocycles. The normalized spacial score (nSPS) is 23.2. The van der Waals surface area contributed by atoms with Crippen LogP contribution in [-0.2, 0) is 20.9 Å². The highest BCUT2D eigenvalue weighted by molar-refractivity contribution is 6.32. The molecule has 1 atom stereocenters. The van der Waals surface area contributed by atoms with Crippen molar-refractivity contribution in [2.24, 2.45) is 0 Å². The molecule has 11 heteroatoms. The number of H-pyrrole nitrogens is 1. The molecule has 2 amide bonds. The number of hydrogen-bond donors (Lipinski definition) is 3. The monoisotopic (exact) mass is 521 g/mol. The number of piperidine rings is 1. The van der Waals surface area contributed by atoms with Gasteiger partial charge in [-0.25, -0.2) is 8.78 Å². The van der Waals surface area contributed by atoms with E-state index in [1.807, 2.05) is 32.2 Å². The van der Waals surface area contributed by atoms with Crippen molar-refractivity contribution < 1.29 is 23.1 Å². The van der Waals surface area contributed by atoms with E-state index in [-0.39, 0.29) is 50.9 Å². The number of morpholine rings is 1. The number of carbonyl (C=O) groups is 2. The van der Waals surface area contributed by atoms with Crippen molar-refractivity contribution in [2.75, 3.05) is 38.1 Å². The highest BCUT2D eigenvalue weighted by Crippen LogP contribution is 2.34. The Hall–Kier alpha value is -2.69. The third kappa shape index (κ3) is 5.07. The highest BCUT2D eigenvalue weighted by atomic mass is 35.5. The first-order valence-corrected chi connectivity index (χ1v) is 12.5. The van der Waals surface area contributed by atoms with Crippen molar-refractivity contribution in [1.29, 1.82) is 0 Å². The lowest BCUT2D eigenvalue weighted by molar-refractivity contribution is -0.152. The lowest BCUT2D eigenvalue weighted by atomic mass is 10.0. The van der Waals surface area contributed by atoms with E-state index in [2.05, 4.69) is 15.6 Å². The Morgan fingerprint density at radius 1 is 1.25 bits per heavy atom. The maximum atomic E-state index is 13.6. The molecule has 194 valence electrons. The van der Waals surface area contributed by atoms with E-state index in [4.69, 9.17) is 16.3 Å². The number of nitrogens with zero attached hydrogens (tertiary/aromatic N) is 2. The number of alkyl halides is 2. The molecule has 0 aliphatic carbocycles. The summed E-state index contributed by atoms with van der Waals surface area (Å²) in [5.41, 5.74) is 2.75. The fourth-order valence-corrected chi connectivity index (χ4v) is 5.32. The van der Waals surface area contributed by atoms with Crippen molar-refractivity contribution in [3.63, 3.8) is 0 Å². The van der Waals surface area contributed by atoms with Crippen LogP contribution in [0.15, 0.2) is 18.3 Å². The number of halogens is 3. The molecule has 0 spiro atoms. The van der Waals surface area contributed by atoms with Crippen LogP contribution in [-0.4, -0.2) is 76.9 Å². The number of fused-ring (bicyclic) bond motifs is 3. The molecule has 3 aliphatic rings. The maximum Gasteiger partial charge on any atom is 0.251 e. The van der Waals surface area contributed by atoms with Crippen molar-refractivity contribution in [3.05, 3.63) is 34.6 Å². The van der Waals surface area contributed by atoms with E-state index >= 15 is 0 Å². The summed E-state index contributed by atoms with van der Waals surface area (Å²) in [6, 6.07) is 2.82. The van der Waals surface area contributed by atoms with Gasteiger partial charge in [-0.15, -0.1) is 0 Å². The van der Waals surface area contributed by atoms with Crippen LogP contribution in [0.1, 0.15) is 37.9 Å². The Bertz CT molecular complexity index is 1220. The number of rotatable bonds is 4. The van der Waals surface area contributed by atoms with Gasteiger partial charge in [0.1, 0.15) is 6.04 Å². The van der Waals surface area contributed by atoms with Crippen LogP contribution in [0.25, 0.3) is 17.0 Å². The topological polar surface area (TPSA) is 89.7 Å². The number of benzene rings is 1. The molecule has 0 radical (unpaired) electrons. The minimum absolute atomic E-state index is 0.0116. The van der Waals surface area contributed by atoms with Gasteiger partial charge in [0.15, 0.2) is 0 Å². The van der Waals surface area contributed by atoms with Gasteiger partial charge in [-0.3, -0.25) is 14.5 Å². The summed E-state index contributed by atoms with van der Waals surface area (Å²) < 4.78 is 33.0. The Balaban J connectivity index is 1.35. The number of amides is 2. The number of aromatic amines is 1. The smallest absolute Gasteiger partial charge is 0.251 e. The summed E-state index contributed by atoms with van der Waals surface area (Å²) in [7, 11) is 0. The van der Waals surface area contributed by atoms with Crippen molar-refractivity contribution >= 4 is 46.1 Å². The molecule has 2 fully saturated rings. The van der Waals surface area contributed by atoms with Crippen LogP contribution >= 0.6 is 11.6 Å². The fraction of sp³-hybridized carbons (Fsp3) is 0.520. The molecule has 0 saturated carbocycles. The summed E-state index contributed by atoms with van der Waals surface area (Å²) in [5.74, 6) is -3.32. The van der Waals surface area contributed by atoms with E-state index in [1.165, 1.54) is 4.90 Å². The van der Waals surface area contributed by atoms with Gasteiger partial charge in [0.2, 0.25) is 11.8 Å². The average Bonchev–Trinajstić information content (AvgIpc) is 3.17. The second kappa shape index (κ2) is 9.32. The van der Waals surface area contributed by atoms with E-state index in [1.54, 1.807) is 11.0 Å². The molecule has 1 aromatic carbocycles. The van der Waals surface area contributed by atoms with Crippen molar-refractivity contribution in [2.45, 2.75) is 50.8 Å². The van der Waals surface area contributed by atoms with Gasteiger partial charge in [0, 0.05) is 54.1 Å². The first kappa shape index (κ1) is 25.0. The molecule has 0 bridgehead atoms. The van der Waals surface area contributed by atoms with Gasteiger partial charge in [0.05, 0.1) is 36.5 Å². The summed E-state index contributed by atoms with van der Waals surface area (Å²) in [6.45, 7) is 4.84. The van der Waals surface area contributed by atoms with Gasteiger partial charge >= 0.3 is 0 Å². The predicted molar refractivity (Wildman–Crippen MR) is 134 cm³/mol. The number of likely N-dealkylation sites (tertiary alicyclic amines) is 1. The van der Waals surface area contributed by atoms with E-state index in [0.29, 0.717) is 23.8 Å². The molecule has 2 aromatic rings. The molecule has 8 nitrogen and oxygen atoms in total. The summed E-state index contributed by atoms with van der Waals surface area (Å²) >= 11 is 6.39. The van der Waals surface area contributed by atoms with Gasteiger partial charge in [0.25, 0.3) is 5.92 Å². The van der Waals surface area contributed by atoms with Crippen LogP contribution in [0, 0.1) is 0 Å². The minimum atomic E-state index is -2.73. The first-order chi connectivity index (χ1) is 17.0. The molecule has 3 aliphatic heterocycles.